The molecule has 0 aliphatic heterocycles. The van der Waals surface area contributed by atoms with Crippen molar-refractivity contribution in [3.05, 3.63) is 17.5 Å². The number of hydrogen-bond acceptors (Lipinski definition) is 3. The van der Waals surface area contributed by atoms with Crippen LogP contribution < -0.4 is 5.32 Å². The Bertz CT molecular complexity index is 370. The Morgan fingerprint density at radius 1 is 1.47 bits per heavy atom. The molecule has 96 valence electrons. The lowest BCUT2D eigenvalue weighted by atomic mass is 9.70. The van der Waals surface area contributed by atoms with Gasteiger partial charge in [0, 0.05) is 12.1 Å². The molecule has 1 aliphatic rings. The SMILES string of the molecule is Cc1cc(CNC2CC(C)CC(C)(C)C2)on1. The quantitative estimate of drug-likeness (QED) is 0.875. The van der Waals surface area contributed by atoms with E-state index in [1.165, 1.54) is 19.3 Å². The van der Waals surface area contributed by atoms with Crippen molar-refractivity contribution in [2.24, 2.45) is 11.3 Å². The molecule has 1 N–H and O–H groups in total. The van der Waals surface area contributed by atoms with E-state index in [1.807, 2.05) is 13.0 Å². The number of rotatable bonds is 3. The van der Waals surface area contributed by atoms with E-state index < -0.39 is 0 Å². The highest BCUT2D eigenvalue weighted by Crippen LogP contribution is 2.38. The molecule has 0 radical (unpaired) electrons. The second kappa shape index (κ2) is 4.81. The number of nitrogens with zero attached hydrogens (tertiary/aromatic N) is 1. The summed E-state index contributed by atoms with van der Waals surface area (Å²) in [6, 6.07) is 2.61. The van der Waals surface area contributed by atoms with E-state index in [0.29, 0.717) is 11.5 Å². The summed E-state index contributed by atoms with van der Waals surface area (Å²) >= 11 is 0. The van der Waals surface area contributed by atoms with Crippen molar-refractivity contribution >= 4 is 0 Å². The lowest BCUT2D eigenvalue weighted by Crippen LogP contribution is -2.39. The van der Waals surface area contributed by atoms with Gasteiger partial charge in [-0.3, -0.25) is 0 Å². The van der Waals surface area contributed by atoms with Crippen molar-refractivity contribution in [1.82, 2.24) is 10.5 Å². The molecule has 0 aromatic carbocycles. The number of aromatic nitrogens is 1. The van der Waals surface area contributed by atoms with Gasteiger partial charge in [-0.15, -0.1) is 0 Å². The van der Waals surface area contributed by atoms with Crippen molar-refractivity contribution in [1.29, 1.82) is 0 Å². The van der Waals surface area contributed by atoms with Crippen LogP contribution in [-0.2, 0) is 6.54 Å². The van der Waals surface area contributed by atoms with Crippen LogP contribution in [0.2, 0.25) is 0 Å². The van der Waals surface area contributed by atoms with Crippen molar-refractivity contribution in [3.8, 4) is 0 Å². The largest absolute Gasteiger partial charge is 0.360 e. The van der Waals surface area contributed by atoms with Gasteiger partial charge in [0.2, 0.25) is 0 Å². The summed E-state index contributed by atoms with van der Waals surface area (Å²) in [5.41, 5.74) is 1.42. The molecule has 1 aliphatic carbocycles. The molecule has 2 atom stereocenters. The third-order valence-electron chi connectivity index (χ3n) is 3.63. The average molecular weight is 236 g/mol. The van der Waals surface area contributed by atoms with E-state index in [0.717, 1.165) is 23.9 Å². The Kier molecular flexibility index (Phi) is 3.57. The van der Waals surface area contributed by atoms with Crippen LogP contribution in [0.1, 0.15) is 51.5 Å². The monoisotopic (exact) mass is 236 g/mol. The molecule has 1 fully saturated rings. The van der Waals surface area contributed by atoms with Gasteiger partial charge in [-0.25, -0.2) is 0 Å². The van der Waals surface area contributed by atoms with Gasteiger partial charge < -0.3 is 9.84 Å². The van der Waals surface area contributed by atoms with E-state index in [9.17, 15) is 0 Å². The molecule has 0 spiro atoms. The minimum atomic E-state index is 0.465. The second-order valence-electron chi connectivity index (χ2n) is 6.43. The van der Waals surface area contributed by atoms with Gasteiger partial charge in [-0.1, -0.05) is 25.9 Å². The third kappa shape index (κ3) is 3.56. The summed E-state index contributed by atoms with van der Waals surface area (Å²) in [7, 11) is 0. The molecule has 3 nitrogen and oxygen atoms in total. The minimum absolute atomic E-state index is 0.465. The second-order valence-corrected chi connectivity index (χ2v) is 6.43. The van der Waals surface area contributed by atoms with Crippen LogP contribution in [0.15, 0.2) is 10.6 Å². The Balaban J connectivity index is 1.86. The van der Waals surface area contributed by atoms with Gasteiger partial charge in [-0.2, -0.15) is 0 Å². The van der Waals surface area contributed by atoms with E-state index in [2.05, 4.69) is 31.2 Å². The zero-order valence-electron chi connectivity index (χ0n) is 11.4. The summed E-state index contributed by atoms with van der Waals surface area (Å²) in [6.07, 6.45) is 3.87. The highest BCUT2D eigenvalue weighted by Gasteiger charge is 2.31. The van der Waals surface area contributed by atoms with E-state index in [-0.39, 0.29) is 0 Å². The summed E-state index contributed by atoms with van der Waals surface area (Å²) in [6.45, 7) is 9.85. The summed E-state index contributed by atoms with van der Waals surface area (Å²) in [5, 5.41) is 7.51. The topological polar surface area (TPSA) is 38.1 Å². The van der Waals surface area contributed by atoms with Crippen LogP contribution in [0.5, 0.6) is 0 Å². The maximum atomic E-state index is 5.22. The average Bonchev–Trinajstić information content (AvgIpc) is 2.58. The predicted octanol–water partition coefficient (Wildman–Crippen LogP) is 3.29. The molecule has 17 heavy (non-hydrogen) atoms. The maximum absolute atomic E-state index is 5.22. The standard InChI is InChI=1S/C14H24N2O/c1-10-5-12(8-14(3,4)7-10)15-9-13-6-11(2)16-17-13/h6,10,12,15H,5,7-9H2,1-4H3. The zero-order chi connectivity index (χ0) is 12.5. The van der Waals surface area contributed by atoms with Crippen molar-refractivity contribution < 1.29 is 4.52 Å². The molecule has 3 heteroatoms. The zero-order valence-corrected chi connectivity index (χ0v) is 11.4. The van der Waals surface area contributed by atoms with Crippen molar-refractivity contribution in [2.45, 2.75) is 59.5 Å². The molecular weight excluding hydrogens is 212 g/mol. The fourth-order valence-electron chi connectivity index (χ4n) is 3.25. The van der Waals surface area contributed by atoms with Crippen LogP contribution >= 0.6 is 0 Å². The van der Waals surface area contributed by atoms with Crippen LogP contribution in [0.3, 0.4) is 0 Å². The molecule has 0 bridgehead atoms. The Hall–Kier alpha value is -0.830. The molecule has 0 amide bonds. The van der Waals surface area contributed by atoms with Crippen LogP contribution in [-0.4, -0.2) is 11.2 Å². The van der Waals surface area contributed by atoms with E-state index in [4.69, 9.17) is 4.52 Å². The number of hydrogen-bond donors (Lipinski definition) is 1. The van der Waals surface area contributed by atoms with Crippen LogP contribution in [0, 0.1) is 18.3 Å². The Morgan fingerprint density at radius 2 is 2.24 bits per heavy atom. The smallest absolute Gasteiger partial charge is 0.150 e. The first-order chi connectivity index (χ1) is 7.94. The van der Waals surface area contributed by atoms with Gasteiger partial charge >= 0.3 is 0 Å². The van der Waals surface area contributed by atoms with Gasteiger partial charge in [-0.05, 0) is 37.5 Å². The summed E-state index contributed by atoms with van der Waals surface area (Å²) < 4.78 is 5.22. The number of nitrogens with one attached hydrogen (secondary N) is 1. The highest BCUT2D eigenvalue weighted by atomic mass is 16.5. The molecule has 1 saturated carbocycles. The van der Waals surface area contributed by atoms with E-state index in [1.54, 1.807) is 0 Å². The first-order valence-corrected chi connectivity index (χ1v) is 6.60. The van der Waals surface area contributed by atoms with Gasteiger partial charge in [0.1, 0.15) is 0 Å². The first kappa shape index (κ1) is 12.6. The maximum Gasteiger partial charge on any atom is 0.150 e. The Morgan fingerprint density at radius 3 is 2.82 bits per heavy atom. The normalized spacial score (nSPS) is 28.2. The summed E-state index contributed by atoms with van der Waals surface area (Å²) in [5.74, 6) is 1.76. The van der Waals surface area contributed by atoms with Gasteiger partial charge in [0.15, 0.2) is 5.76 Å². The van der Waals surface area contributed by atoms with Crippen LogP contribution in [0.25, 0.3) is 0 Å². The molecule has 1 heterocycles. The van der Waals surface area contributed by atoms with Crippen LogP contribution in [0.4, 0.5) is 0 Å². The Labute approximate surface area is 104 Å². The number of aryl methyl sites for hydroxylation is 1. The van der Waals surface area contributed by atoms with Gasteiger partial charge in [0.25, 0.3) is 0 Å². The lowest BCUT2D eigenvalue weighted by Gasteiger charge is -2.39. The molecule has 0 saturated heterocycles. The fraction of sp³-hybridized carbons (Fsp3) is 0.786. The van der Waals surface area contributed by atoms with Crippen molar-refractivity contribution in [2.75, 3.05) is 0 Å². The molecule has 1 aromatic rings. The van der Waals surface area contributed by atoms with Crippen molar-refractivity contribution in [3.63, 3.8) is 0 Å². The lowest BCUT2D eigenvalue weighted by molar-refractivity contribution is 0.149. The highest BCUT2D eigenvalue weighted by molar-refractivity contribution is 5.03. The molecule has 1 aromatic heterocycles. The minimum Gasteiger partial charge on any atom is -0.360 e. The molecule has 2 rings (SSSR count). The molecule has 2 unspecified atom stereocenters. The predicted molar refractivity (Wildman–Crippen MR) is 68.7 cm³/mol. The van der Waals surface area contributed by atoms with Gasteiger partial charge in [0.05, 0.1) is 12.2 Å². The fourth-order valence-corrected chi connectivity index (χ4v) is 3.25. The summed E-state index contributed by atoms with van der Waals surface area (Å²) in [4.78, 5) is 0. The first-order valence-electron chi connectivity index (χ1n) is 6.60. The van der Waals surface area contributed by atoms with E-state index >= 15 is 0 Å². The third-order valence-corrected chi connectivity index (χ3v) is 3.63. The molecular formula is C14H24N2O.